The molecule has 1 aromatic carbocycles. The molecule has 0 amide bonds. The highest BCUT2D eigenvalue weighted by atomic mass is 31.2. The topological polar surface area (TPSA) is 85.8 Å². The summed E-state index contributed by atoms with van der Waals surface area (Å²) in [7, 11) is -0.598. The molecule has 0 fully saturated rings. The first kappa shape index (κ1) is 15.1. The van der Waals surface area contributed by atoms with Gasteiger partial charge in [0.15, 0.2) is 0 Å². The molecule has 7 heteroatoms. The van der Waals surface area contributed by atoms with Gasteiger partial charge in [-0.25, -0.2) is 4.57 Å². The van der Waals surface area contributed by atoms with Crippen molar-refractivity contribution in [2.75, 3.05) is 20.6 Å². The van der Waals surface area contributed by atoms with E-state index in [0.717, 1.165) is 35.1 Å². The number of hydrogen-bond acceptors (Lipinski definition) is 3. The second-order valence-electron chi connectivity index (χ2n) is 5.04. The average Bonchev–Trinajstić information content (AvgIpc) is 2.61. The third-order valence-corrected chi connectivity index (χ3v) is 3.56. The first-order chi connectivity index (χ1) is 9.28. The first-order valence-corrected chi connectivity index (χ1v) is 7.81. The molecule has 1 heterocycles. The Morgan fingerprint density at radius 3 is 2.65 bits per heavy atom. The van der Waals surface area contributed by atoms with Gasteiger partial charge in [-0.3, -0.25) is 9.79 Å². The lowest BCUT2D eigenvalue weighted by molar-refractivity contribution is 0.284. The van der Waals surface area contributed by atoms with E-state index in [0.29, 0.717) is 0 Å². The van der Waals surface area contributed by atoms with Crippen molar-refractivity contribution in [2.24, 2.45) is 0 Å². The molecule has 0 atom stereocenters. The van der Waals surface area contributed by atoms with E-state index in [1.165, 1.54) is 0 Å². The number of benzene rings is 1. The van der Waals surface area contributed by atoms with Gasteiger partial charge in [-0.2, -0.15) is 0 Å². The van der Waals surface area contributed by atoms with Gasteiger partial charge in [0.25, 0.3) is 0 Å². The summed E-state index contributed by atoms with van der Waals surface area (Å²) in [6, 6.07) is 5.15. The van der Waals surface area contributed by atoms with E-state index in [2.05, 4.69) is 9.88 Å². The van der Waals surface area contributed by atoms with Crippen LogP contribution in [0.5, 0.6) is 5.75 Å². The van der Waals surface area contributed by atoms with Gasteiger partial charge in [0.1, 0.15) is 5.75 Å². The number of nitrogens with one attached hydrogen (secondary N) is 1. The number of likely N-dealkylation sites (N-methyl/N-ethyl adjacent to an activating group) is 1. The zero-order valence-electron chi connectivity index (χ0n) is 11.8. The molecule has 3 N–H and O–H groups in total. The highest BCUT2D eigenvalue weighted by Crippen LogP contribution is 2.42. The maximum atomic E-state index is 11.1. The highest BCUT2D eigenvalue weighted by molar-refractivity contribution is 7.46. The zero-order chi connectivity index (χ0) is 14.9. The summed E-state index contributed by atoms with van der Waals surface area (Å²) in [5, 5.41) is 0.746. The minimum absolute atomic E-state index is 0.217. The molecule has 0 saturated heterocycles. The summed E-state index contributed by atoms with van der Waals surface area (Å²) in [6.07, 6.45) is 0.778. The van der Waals surface area contributed by atoms with Crippen LogP contribution in [0.2, 0.25) is 0 Å². The van der Waals surface area contributed by atoms with Gasteiger partial charge in [0, 0.05) is 23.1 Å². The van der Waals surface area contributed by atoms with Crippen LogP contribution in [0.25, 0.3) is 10.9 Å². The molecule has 0 bridgehead atoms. The molecule has 0 unspecified atom stereocenters. The number of aryl methyl sites for hydroxylation is 1. The number of rotatable bonds is 5. The van der Waals surface area contributed by atoms with Crippen molar-refractivity contribution in [3.8, 4) is 5.75 Å². The van der Waals surface area contributed by atoms with E-state index in [1.807, 2.05) is 27.1 Å². The standard InChI is InChI=1S/C13H19N2O4P/c1-9-10(7-8-15(2)3)13-11(14-9)5-4-6-12(13)19-20(16,17)18/h4-6,14H,7-8H2,1-3H3,(H2,16,17,18). The van der Waals surface area contributed by atoms with Crippen molar-refractivity contribution >= 4 is 18.7 Å². The van der Waals surface area contributed by atoms with Crippen molar-refractivity contribution in [1.82, 2.24) is 9.88 Å². The van der Waals surface area contributed by atoms with Gasteiger partial charge >= 0.3 is 7.82 Å². The molecule has 6 nitrogen and oxygen atoms in total. The number of phosphoric acid groups is 1. The predicted molar refractivity (Wildman–Crippen MR) is 78.0 cm³/mol. The van der Waals surface area contributed by atoms with Crippen molar-refractivity contribution in [1.29, 1.82) is 0 Å². The maximum Gasteiger partial charge on any atom is 0.524 e. The van der Waals surface area contributed by atoms with E-state index in [1.54, 1.807) is 12.1 Å². The van der Waals surface area contributed by atoms with E-state index in [-0.39, 0.29) is 5.75 Å². The third kappa shape index (κ3) is 3.41. The molecule has 0 spiro atoms. The predicted octanol–water partition coefficient (Wildman–Crippen LogP) is 2.05. The van der Waals surface area contributed by atoms with Gasteiger partial charge in [-0.05, 0) is 45.1 Å². The average molecular weight is 298 g/mol. The minimum Gasteiger partial charge on any atom is -0.404 e. The van der Waals surface area contributed by atoms with Crippen LogP contribution in [0.4, 0.5) is 0 Å². The van der Waals surface area contributed by atoms with Gasteiger partial charge in [-0.15, -0.1) is 0 Å². The van der Waals surface area contributed by atoms with Crippen LogP contribution in [0, 0.1) is 6.92 Å². The summed E-state index contributed by atoms with van der Waals surface area (Å²) < 4.78 is 15.9. The molecule has 0 aliphatic rings. The molecule has 2 rings (SSSR count). The van der Waals surface area contributed by atoms with Crippen molar-refractivity contribution < 1.29 is 18.9 Å². The number of fused-ring (bicyclic) bond motifs is 1. The Hall–Kier alpha value is -1.33. The summed E-state index contributed by atoms with van der Waals surface area (Å²) in [6.45, 7) is 2.80. The molecular weight excluding hydrogens is 279 g/mol. The fraction of sp³-hybridized carbons (Fsp3) is 0.385. The summed E-state index contributed by atoms with van der Waals surface area (Å²) >= 11 is 0. The van der Waals surface area contributed by atoms with Crippen LogP contribution in [-0.2, 0) is 11.0 Å². The fourth-order valence-electron chi connectivity index (χ4n) is 2.26. The van der Waals surface area contributed by atoms with Crippen LogP contribution in [0.1, 0.15) is 11.3 Å². The lowest BCUT2D eigenvalue weighted by Gasteiger charge is -2.12. The molecule has 110 valence electrons. The summed E-state index contributed by atoms with van der Waals surface area (Å²) in [5.74, 6) is 0.217. The molecule has 2 aromatic rings. The van der Waals surface area contributed by atoms with E-state index >= 15 is 0 Å². The molecule has 0 aliphatic heterocycles. The SMILES string of the molecule is Cc1[nH]c2cccc(OP(=O)(O)O)c2c1CCN(C)C. The van der Waals surface area contributed by atoms with E-state index in [9.17, 15) is 4.57 Å². The van der Waals surface area contributed by atoms with E-state index in [4.69, 9.17) is 14.3 Å². The Labute approximate surface area is 117 Å². The molecule has 0 aliphatic carbocycles. The lowest BCUT2D eigenvalue weighted by atomic mass is 10.1. The number of aromatic nitrogens is 1. The normalized spacial score (nSPS) is 12.3. The maximum absolute atomic E-state index is 11.1. The van der Waals surface area contributed by atoms with Gasteiger partial charge in [0.2, 0.25) is 0 Å². The largest absolute Gasteiger partial charge is 0.524 e. The zero-order valence-corrected chi connectivity index (χ0v) is 12.6. The molecule has 0 saturated carbocycles. The molecule has 0 radical (unpaired) electrons. The van der Waals surface area contributed by atoms with Crippen molar-refractivity contribution in [3.05, 3.63) is 29.5 Å². The Morgan fingerprint density at radius 2 is 2.05 bits per heavy atom. The fourth-order valence-corrected chi connectivity index (χ4v) is 2.67. The summed E-state index contributed by atoms with van der Waals surface area (Å²) in [5.41, 5.74) is 2.84. The van der Waals surface area contributed by atoms with Crippen LogP contribution in [-0.4, -0.2) is 40.3 Å². The second kappa shape index (κ2) is 5.58. The quantitative estimate of drug-likeness (QED) is 0.736. The van der Waals surface area contributed by atoms with Crippen LogP contribution in [0.3, 0.4) is 0 Å². The Kier molecular flexibility index (Phi) is 4.20. The number of hydrogen-bond donors (Lipinski definition) is 3. The highest BCUT2D eigenvalue weighted by Gasteiger charge is 2.20. The van der Waals surface area contributed by atoms with Gasteiger partial charge < -0.3 is 14.4 Å². The summed E-state index contributed by atoms with van der Waals surface area (Å²) in [4.78, 5) is 23.3. The molecule has 1 aromatic heterocycles. The number of aromatic amines is 1. The van der Waals surface area contributed by atoms with Crippen molar-refractivity contribution in [2.45, 2.75) is 13.3 Å². The van der Waals surface area contributed by atoms with E-state index < -0.39 is 7.82 Å². The molecule has 20 heavy (non-hydrogen) atoms. The number of nitrogens with zero attached hydrogens (tertiary/aromatic N) is 1. The van der Waals surface area contributed by atoms with Crippen molar-refractivity contribution in [3.63, 3.8) is 0 Å². The third-order valence-electron chi connectivity index (χ3n) is 3.13. The lowest BCUT2D eigenvalue weighted by Crippen LogP contribution is -2.15. The monoisotopic (exact) mass is 298 g/mol. The smallest absolute Gasteiger partial charge is 0.404 e. The molecular formula is C13H19N2O4P. The van der Waals surface area contributed by atoms with Gasteiger partial charge in [-0.1, -0.05) is 6.07 Å². The Morgan fingerprint density at radius 1 is 1.35 bits per heavy atom. The second-order valence-corrected chi connectivity index (χ2v) is 6.21. The Bertz CT molecular complexity index is 660. The van der Waals surface area contributed by atoms with Crippen LogP contribution >= 0.6 is 7.82 Å². The van der Waals surface area contributed by atoms with Crippen LogP contribution in [0.15, 0.2) is 18.2 Å². The number of H-pyrrole nitrogens is 1. The first-order valence-electron chi connectivity index (χ1n) is 6.28. The number of phosphoric ester groups is 1. The van der Waals surface area contributed by atoms with Crippen LogP contribution < -0.4 is 4.52 Å². The Balaban J connectivity index is 2.50. The van der Waals surface area contributed by atoms with Gasteiger partial charge in [0.05, 0.1) is 0 Å². The minimum atomic E-state index is -4.56.